The standard InChI is InChI=1S/C19H23F3N6O2S/c1-12-15(18(29)25-13-7-8-24-14(11-13)31(2,23)30)17(27-26-16(12)19(20,21)22)28-9-5-3-4-6-10-28/h7-8,11,23H,3-6,9-10H2,1-2H3,(H,24,25,29). The van der Waals surface area contributed by atoms with Crippen LogP contribution >= 0.6 is 0 Å². The molecule has 1 amide bonds. The summed E-state index contributed by atoms with van der Waals surface area (Å²) in [5.74, 6) is -0.680. The summed E-state index contributed by atoms with van der Waals surface area (Å²) in [6.45, 7) is 2.33. The van der Waals surface area contributed by atoms with Gasteiger partial charge in [0, 0.05) is 31.2 Å². The normalized spacial score (nSPS) is 17.0. The van der Waals surface area contributed by atoms with E-state index >= 15 is 0 Å². The lowest BCUT2D eigenvalue weighted by molar-refractivity contribution is -0.142. The van der Waals surface area contributed by atoms with Gasteiger partial charge in [-0.1, -0.05) is 12.8 Å². The van der Waals surface area contributed by atoms with E-state index in [9.17, 15) is 22.2 Å². The smallest absolute Gasteiger partial charge is 0.354 e. The van der Waals surface area contributed by atoms with Crippen molar-refractivity contribution in [2.75, 3.05) is 29.6 Å². The molecule has 3 heterocycles. The Morgan fingerprint density at radius 3 is 2.42 bits per heavy atom. The Hall–Kier alpha value is -2.76. The molecule has 2 aromatic rings. The Bertz CT molecular complexity index is 1080. The first-order valence-electron chi connectivity index (χ1n) is 9.69. The molecule has 0 aliphatic carbocycles. The van der Waals surface area contributed by atoms with Gasteiger partial charge < -0.3 is 10.2 Å². The molecule has 2 aromatic heterocycles. The van der Waals surface area contributed by atoms with Crippen molar-refractivity contribution in [3.05, 3.63) is 35.2 Å². The molecule has 1 unspecified atom stereocenters. The predicted octanol–water partition coefficient (Wildman–Crippen LogP) is 3.87. The number of rotatable bonds is 4. The van der Waals surface area contributed by atoms with Crippen molar-refractivity contribution in [1.82, 2.24) is 15.2 Å². The van der Waals surface area contributed by atoms with Gasteiger partial charge in [-0.3, -0.25) is 4.79 Å². The number of hydrogen-bond donors (Lipinski definition) is 2. The zero-order valence-corrected chi connectivity index (χ0v) is 17.9. The van der Waals surface area contributed by atoms with Gasteiger partial charge in [0.15, 0.2) is 11.5 Å². The third kappa shape index (κ3) is 5.30. The minimum atomic E-state index is -4.76. The van der Waals surface area contributed by atoms with Gasteiger partial charge in [-0.15, -0.1) is 10.2 Å². The molecule has 12 heteroatoms. The van der Waals surface area contributed by atoms with Crippen LogP contribution in [0, 0.1) is 11.7 Å². The largest absolute Gasteiger partial charge is 0.435 e. The molecule has 168 valence electrons. The van der Waals surface area contributed by atoms with Crippen molar-refractivity contribution in [2.45, 2.75) is 43.8 Å². The monoisotopic (exact) mass is 456 g/mol. The fourth-order valence-corrected chi connectivity index (χ4v) is 4.06. The highest BCUT2D eigenvalue weighted by molar-refractivity contribution is 7.91. The number of aromatic nitrogens is 3. The molecule has 0 radical (unpaired) electrons. The molecule has 0 aromatic carbocycles. The van der Waals surface area contributed by atoms with Crippen LogP contribution in [0.3, 0.4) is 0 Å². The maximum absolute atomic E-state index is 13.4. The Balaban J connectivity index is 2.05. The van der Waals surface area contributed by atoms with Gasteiger partial charge in [-0.2, -0.15) is 13.2 Å². The van der Waals surface area contributed by atoms with E-state index in [1.807, 2.05) is 0 Å². The lowest BCUT2D eigenvalue weighted by atomic mass is 10.1. The highest BCUT2D eigenvalue weighted by atomic mass is 32.2. The van der Waals surface area contributed by atoms with E-state index in [0.717, 1.165) is 25.7 Å². The summed E-state index contributed by atoms with van der Waals surface area (Å²) >= 11 is 0. The average molecular weight is 456 g/mol. The summed E-state index contributed by atoms with van der Waals surface area (Å²) in [6, 6.07) is 2.68. The first-order valence-corrected chi connectivity index (χ1v) is 11.7. The second-order valence-corrected chi connectivity index (χ2v) is 9.56. The number of amides is 1. The van der Waals surface area contributed by atoms with E-state index in [4.69, 9.17) is 4.78 Å². The molecular formula is C19H23F3N6O2S. The number of nitrogens with zero attached hydrogens (tertiary/aromatic N) is 4. The molecule has 8 nitrogen and oxygen atoms in total. The van der Waals surface area contributed by atoms with Crippen molar-refractivity contribution >= 4 is 27.1 Å². The Morgan fingerprint density at radius 1 is 1.19 bits per heavy atom. The molecule has 0 spiro atoms. The third-order valence-corrected chi connectivity index (χ3v) is 6.01. The number of alkyl halides is 3. The van der Waals surface area contributed by atoms with Crippen LogP contribution in [-0.4, -0.2) is 44.6 Å². The van der Waals surface area contributed by atoms with Crippen molar-refractivity contribution in [2.24, 2.45) is 0 Å². The van der Waals surface area contributed by atoms with E-state index in [0.29, 0.717) is 13.1 Å². The number of carbonyl (C=O) groups excluding carboxylic acids is 1. The number of nitrogens with one attached hydrogen (secondary N) is 2. The average Bonchev–Trinajstić information content (AvgIpc) is 2.95. The van der Waals surface area contributed by atoms with E-state index in [2.05, 4.69) is 20.5 Å². The fraction of sp³-hybridized carbons (Fsp3) is 0.474. The van der Waals surface area contributed by atoms with E-state index in [1.165, 1.54) is 31.5 Å². The number of hydrogen-bond acceptors (Lipinski definition) is 7. The summed E-state index contributed by atoms with van der Waals surface area (Å²) in [5, 5.41) is 9.67. The molecule has 1 saturated heterocycles. The lowest BCUT2D eigenvalue weighted by Crippen LogP contribution is -2.30. The fourth-order valence-electron chi connectivity index (χ4n) is 3.45. The number of carbonyl (C=O) groups is 1. The second kappa shape index (κ2) is 8.77. The maximum Gasteiger partial charge on any atom is 0.435 e. The van der Waals surface area contributed by atoms with Crippen molar-refractivity contribution in [1.29, 1.82) is 4.78 Å². The molecule has 1 fully saturated rings. The van der Waals surface area contributed by atoms with Gasteiger partial charge in [0.05, 0.1) is 15.3 Å². The minimum absolute atomic E-state index is 0.0430. The van der Waals surface area contributed by atoms with Crippen molar-refractivity contribution < 1.29 is 22.2 Å². The van der Waals surface area contributed by atoms with E-state index < -0.39 is 27.5 Å². The lowest BCUT2D eigenvalue weighted by Gasteiger charge is -2.25. The molecule has 1 aliphatic rings. The topological polar surface area (TPSA) is 112 Å². The molecule has 1 atom stereocenters. The number of halogens is 3. The first kappa shape index (κ1) is 22.9. The molecule has 0 saturated carbocycles. The third-order valence-electron chi connectivity index (χ3n) is 4.99. The Labute approximate surface area is 178 Å². The predicted molar refractivity (Wildman–Crippen MR) is 110 cm³/mol. The summed E-state index contributed by atoms with van der Waals surface area (Å²) in [6.07, 6.45) is 1.37. The highest BCUT2D eigenvalue weighted by Gasteiger charge is 2.38. The molecule has 31 heavy (non-hydrogen) atoms. The Morgan fingerprint density at radius 2 is 1.84 bits per heavy atom. The molecular weight excluding hydrogens is 433 g/mol. The maximum atomic E-state index is 13.4. The zero-order chi connectivity index (χ0) is 22.8. The SMILES string of the molecule is Cc1c(C(F)(F)F)nnc(N2CCCCCC2)c1C(=O)Nc1ccnc(S(C)(=N)=O)c1. The van der Waals surface area contributed by atoms with Crippen molar-refractivity contribution in [3.8, 4) is 0 Å². The van der Waals surface area contributed by atoms with Gasteiger partial charge in [-0.05, 0) is 37.5 Å². The van der Waals surface area contributed by atoms with E-state index in [-0.39, 0.29) is 27.7 Å². The van der Waals surface area contributed by atoms with Gasteiger partial charge in [0.25, 0.3) is 5.91 Å². The van der Waals surface area contributed by atoms with Gasteiger partial charge >= 0.3 is 6.18 Å². The van der Waals surface area contributed by atoms with E-state index in [1.54, 1.807) is 4.90 Å². The van der Waals surface area contributed by atoms with Gasteiger partial charge in [-0.25, -0.2) is 14.0 Å². The summed E-state index contributed by atoms with van der Waals surface area (Å²) in [7, 11) is -3.13. The number of pyridine rings is 1. The zero-order valence-electron chi connectivity index (χ0n) is 17.1. The Kier molecular flexibility index (Phi) is 6.48. The molecule has 3 rings (SSSR count). The molecule has 0 bridgehead atoms. The summed E-state index contributed by atoms with van der Waals surface area (Å²) < 4.78 is 59.9. The van der Waals surface area contributed by atoms with Gasteiger partial charge in [0.2, 0.25) is 0 Å². The van der Waals surface area contributed by atoms with Crippen LogP contribution in [0.5, 0.6) is 0 Å². The summed E-state index contributed by atoms with van der Waals surface area (Å²) in [4.78, 5) is 18.8. The number of anilines is 2. The molecule has 1 aliphatic heterocycles. The van der Waals surface area contributed by atoms with Crippen LogP contribution in [0.25, 0.3) is 0 Å². The van der Waals surface area contributed by atoms with Crippen LogP contribution in [-0.2, 0) is 15.9 Å². The summed E-state index contributed by atoms with van der Waals surface area (Å²) in [5.41, 5.74) is -1.56. The second-order valence-electron chi connectivity index (χ2n) is 7.45. The van der Waals surface area contributed by atoms with Crippen molar-refractivity contribution in [3.63, 3.8) is 0 Å². The highest BCUT2D eigenvalue weighted by Crippen LogP contribution is 2.34. The van der Waals surface area contributed by atoms with Crippen LogP contribution in [0.4, 0.5) is 24.7 Å². The van der Waals surface area contributed by atoms with Crippen LogP contribution < -0.4 is 10.2 Å². The van der Waals surface area contributed by atoms with Gasteiger partial charge in [0.1, 0.15) is 5.03 Å². The minimum Gasteiger partial charge on any atom is -0.354 e. The van der Waals surface area contributed by atoms with Crippen LogP contribution in [0.1, 0.15) is 47.3 Å². The van der Waals surface area contributed by atoms with Crippen LogP contribution in [0.15, 0.2) is 23.4 Å². The molecule has 2 N–H and O–H groups in total. The quantitative estimate of drug-likeness (QED) is 0.722. The van der Waals surface area contributed by atoms with Crippen LogP contribution in [0.2, 0.25) is 0 Å². The first-order chi connectivity index (χ1) is 14.5.